The van der Waals surface area contributed by atoms with Crippen LogP contribution in [0.4, 0.5) is 0 Å². The van der Waals surface area contributed by atoms with E-state index in [0.717, 1.165) is 26.1 Å². The standard InChI is InChI=1S/C14H24N2OS/c1-4-12-9-18-13(15-12)11-6-5-7-16(8-11)10-14(2,3)17/h9,11,17H,4-8,10H2,1-3H3. The molecule has 2 heterocycles. The molecule has 0 saturated carbocycles. The van der Waals surface area contributed by atoms with E-state index in [-0.39, 0.29) is 0 Å². The Morgan fingerprint density at radius 2 is 2.33 bits per heavy atom. The molecule has 0 aromatic carbocycles. The van der Waals surface area contributed by atoms with Gasteiger partial charge in [0.25, 0.3) is 0 Å². The van der Waals surface area contributed by atoms with Crippen molar-refractivity contribution in [3.8, 4) is 0 Å². The maximum Gasteiger partial charge on any atom is 0.0972 e. The summed E-state index contributed by atoms with van der Waals surface area (Å²) in [5, 5.41) is 13.4. The number of aliphatic hydroxyl groups is 1. The van der Waals surface area contributed by atoms with Crippen LogP contribution in [0.1, 0.15) is 50.2 Å². The Morgan fingerprint density at radius 3 is 2.94 bits per heavy atom. The predicted molar refractivity (Wildman–Crippen MR) is 76.2 cm³/mol. The van der Waals surface area contributed by atoms with E-state index in [1.165, 1.54) is 23.5 Å². The van der Waals surface area contributed by atoms with Gasteiger partial charge in [0.05, 0.1) is 16.3 Å². The number of aromatic nitrogens is 1. The summed E-state index contributed by atoms with van der Waals surface area (Å²) in [5.41, 5.74) is 0.619. The van der Waals surface area contributed by atoms with Gasteiger partial charge < -0.3 is 5.11 Å². The molecule has 1 aromatic rings. The quantitative estimate of drug-likeness (QED) is 0.912. The number of hydrogen-bond donors (Lipinski definition) is 1. The van der Waals surface area contributed by atoms with E-state index in [1.807, 2.05) is 13.8 Å². The second kappa shape index (κ2) is 5.68. The van der Waals surface area contributed by atoms with Crippen molar-refractivity contribution in [2.24, 2.45) is 0 Å². The first-order valence-corrected chi connectivity index (χ1v) is 7.75. The van der Waals surface area contributed by atoms with Crippen LogP contribution in [-0.4, -0.2) is 40.2 Å². The molecule has 18 heavy (non-hydrogen) atoms. The lowest BCUT2D eigenvalue weighted by Gasteiger charge is -2.35. The van der Waals surface area contributed by atoms with Gasteiger partial charge in [-0.25, -0.2) is 4.98 Å². The first-order valence-electron chi connectivity index (χ1n) is 6.87. The number of likely N-dealkylation sites (tertiary alicyclic amines) is 1. The van der Waals surface area contributed by atoms with Gasteiger partial charge >= 0.3 is 0 Å². The minimum atomic E-state index is -0.598. The summed E-state index contributed by atoms with van der Waals surface area (Å²) in [6.45, 7) is 8.83. The highest BCUT2D eigenvalue weighted by Crippen LogP contribution is 2.29. The van der Waals surface area contributed by atoms with Crippen molar-refractivity contribution in [2.75, 3.05) is 19.6 Å². The fourth-order valence-electron chi connectivity index (χ4n) is 2.62. The van der Waals surface area contributed by atoms with Crippen molar-refractivity contribution in [1.29, 1.82) is 0 Å². The molecular weight excluding hydrogens is 244 g/mol. The van der Waals surface area contributed by atoms with Gasteiger partial charge in [0.15, 0.2) is 0 Å². The number of piperidine rings is 1. The Kier molecular flexibility index (Phi) is 4.41. The van der Waals surface area contributed by atoms with Crippen LogP contribution in [0.25, 0.3) is 0 Å². The molecule has 1 N–H and O–H groups in total. The molecule has 0 amide bonds. The zero-order valence-electron chi connectivity index (χ0n) is 11.6. The van der Waals surface area contributed by atoms with Crippen LogP contribution in [0.5, 0.6) is 0 Å². The first-order chi connectivity index (χ1) is 8.48. The Bertz CT molecular complexity index is 383. The number of aryl methyl sites for hydroxylation is 1. The van der Waals surface area contributed by atoms with E-state index in [2.05, 4.69) is 17.2 Å². The summed E-state index contributed by atoms with van der Waals surface area (Å²) in [7, 11) is 0. The summed E-state index contributed by atoms with van der Waals surface area (Å²) in [4.78, 5) is 7.09. The third-order valence-corrected chi connectivity index (χ3v) is 4.45. The van der Waals surface area contributed by atoms with Crippen molar-refractivity contribution in [1.82, 2.24) is 9.88 Å². The molecule has 1 aromatic heterocycles. The largest absolute Gasteiger partial charge is 0.389 e. The van der Waals surface area contributed by atoms with E-state index in [4.69, 9.17) is 4.98 Å². The first kappa shape index (κ1) is 14.0. The van der Waals surface area contributed by atoms with Gasteiger partial charge in [0.2, 0.25) is 0 Å². The van der Waals surface area contributed by atoms with Crippen molar-refractivity contribution < 1.29 is 5.11 Å². The lowest BCUT2D eigenvalue weighted by molar-refractivity contribution is 0.0271. The number of hydrogen-bond acceptors (Lipinski definition) is 4. The van der Waals surface area contributed by atoms with Crippen molar-refractivity contribution in [2.45, 2.75) is 51.6 Å². The highest BCUT2D eigenvalue weighted by molar-refractivity contribution is 7.09. The van der Waals surface area contributed by atoms with Gasteiger partial charge in [-0.2, -0.15) is 0 Å². The van der Waals surface area contributed by atoms with Crippen LogP contribution < -0.4 is 0 Å². The average Bonchev–Trinajstić information content (AvgIpc) is 2.75. The normalized spacial score (nSPS) is 22.3. The third-order valence-electron chi connectivity index (χ3n) is 3.40. The monoisotopic (exact) mass is 268 g/mol. The Hall–Kier alpha value is -0.450. The summed E-state index contributed by atoms with van der Waals surface area (Å²) in [6.07, 6.45) is 3.47. The average molecular weight is 268 g/mol. The van der Waals surface area contributed by atoms with Crippen molar-refractivity contribution in [3.63, 3.8) is 0 Å². The molecule has 1 unspecified atom stereocenters. The molecule has 1 fully saturated rings. The predicted octanol–water partition coefficient (Wildman–Crippen LogP) is 2.66. The molecule has 4 heteroatoms. The zero-order chi connectivity index (χ0) is 13.2. The zero-order valence-corrected chi connectivity index (χ0v) is 12.5. The van der Waals surface area contributed by atoms with Crippen LogP contribution in [-0.2, 0) is 6.42 Å². The molecule has 0 spiro atoms. The van der Waals surface area contributed by atoms with Gasteiger partial charge in [-0.3, -0.25) is 4.90 Å². The Labute approximate surface area is 114 Å². The number of nitrogens with zero attached hydrogens (tertiary/aromatic N) is 2. The van der Waals surface area contributed by atoms with Crippen LogP contribution >= 0.6 is 11.3 Å². The SMILES string of the molecule is CCc1csc(C2CCCN(CC(C)(C)O)C2)n1. The lowest BCUT2D eigenvalue weighted by atomic mass is 9.97. The molecule has 0 bridgehead atoms. The van der Waals surface area contributed by atoms with Gasteiger partial charge in [0.1, 0.15) is 0 Å². The molecule has 3 nitrogen and oxygen atoms in total. The van der Waals surface area contributed by atoms with Crippen LogP contribution in [0.15, 0.2) is 5.38 Å². The van der Waals surface area contributed by atoms with Gasteiger partial charge in [0, 0.05) is 24.4 Å². The number of thiazole rings is 1. The minimum absolute atomic E-state index is 0.561. The fourth-order valence-corrected chi connectivity index (χ4v) is 3.65. The Morgan fingerprint density at radius 1 is 1.56 bits per heavy atom. The van der Waals surface area contributed by atoms with Gasteiger partial charge in [-0.15, -0.1) is 11.3 Å². The summed E-state index contributed by atoms with van der Waals surface area (Å²) >= 11 is 1.80. The van der Waals surface area contributed by atoms with Crippen LogP contribution in [0.3, 0.4) is 0 Å². The summed E-state index contributed by atoms with van der Waals surface area (Å²) < 4.78 is 0. The second-order valence-electron chi connectivity index (χ2n) is 5.92. The highest BCUT2D eigenvalue weighted by Gasteiger charge is 2.26. The number of rotatable bonds is 4. The Balaban J connectivity index is 1.98. The van der Waals surface area contributed by atoms with E-state index < -0.39 is 5.60 Å². The van der Waals surface area contributed by atoms with E-state index in [9.17, 15) is 5.11 Å². The highest BCUT2D eigenvalue weighted by atomic mass is 32.1. The summed E-state index contributed by atoms with van der Waals surface area (Å²) in [5.74, 6) is 0.561. The molecule has 0 aliphatic carbocycles. The topological polar surface area (TPSA) is 36.4 Å². The lowest BCUT2D eigenvalue weighted by Crippen LogP contribution is -2.43. The maximum atomic E-state index is 9.91. The molecule has 1 saturated heterocycles. The van der Waals surface area contributed by atoms with E-state index in [1.54, 1.807) is 11.3 Å². The maximum absolute atomic E-state index is 9.91. The molecule has 1 aliphatic heterocycles. The fraction of sp³-hybridized carbons (Fsp3) is 0.786. The van der Waals surface area contributed by atoms with Gasteiger partial charge in [-0.1, -0.05) is 6.92 Å². The van der Waals surface area contributed by atoms with Gasteiger partial charge in [-0.05, 0) is 39.7 Å². The molecule has 1 aliphatic rings. The summed E-state index contributed by atoms with van der Waals surface area (Å²) in [6, 6.07) is 0. The van der Waals surface area contributed by atoms with Crippen LogP contribution in [0, 0.1) is 0 Å². The van der Waals surface area contributed by atoms with E-state index >= 15 is 0 Å². The van der Waals surface area contributed by atoms with Crippen molar-refractivity contribution >= 4 is 11.3 Å². The third kappa shape index (κ3) is 3.77. The smallest absolute Gasteiger partial charge is 0.0972 e. The van der Waals surface area contributed by atoms with E-state index in [0.29, 0.717) is 5.92 Å². The number of β-amino-alcohol motifs (C(OH)–C–C–N with tert-alkyl or cyclic N) is 1. The second-order valence-corrected chi connectivity index (χ2v) is 6.81. The van der Waals surface area contributed by atoms with Crippen molar-refractivity contribution in [3.05, 3.63) is 16.1 Å². The molecular formula is C14H24N2OS. The van der Waals surface area contributed by atoms with Crippen LogP contribution in [0.2, 0.25) is 0 Å². The molecule has 102 valence electrons. The molecule has 0 radical (unpaired) electrons. The molecule has 2 rings (SSSR count). The molecule has 1 atom stereocenters. The minimum Gasteiger partial charge on any atom is -0.389 e.